The van der Waals surface area contributed by atoms with Crippen molar-refractivity contribution in [3.8, 4) is 0 Å². The number of carbonyl (C=O) groups excluding carboxylic acids is 7. The molecule has 5 rings (SSSR count). The van der Waals surface area contributed by atoms with Gasteiger partial charge < -0.3 is 35.8 Å². The second kappa shape index (κ2) is 17.7. The third-order valence-corrected chi connectivity index (χ3v) is 11.5. The predicted octanol–water partition coefficient (Wildman–Crippen LogP) is 3.01. The van der Waals surface area contributed by atoms with Gasteiger partial charge in [-0.2, -0.15) is 0 Å². The number of likely N-dealkylation sites (tertiary alicyclic amines) is 1. The summed E-state index contributed by atoms with van der Waals surface area (Å²) < 4.78 is 4.19. The normalized spacial score (nSPS) is 20.8. The summed E-state index contributed by atoms with van der Waals surface area (Å²) in [4.78, 5) is 97.1. The molecule has 1 heterocycles. The Hall–Kier alpha value is -4.95. The first-order chi connectivity index (χ1) is 26.8. The maximum Gasteiger partial charge on any atom is 0.408 e. The molecule has 3 aliphatic rings. The minimum atomic E-state index is -1.37. The summed E-state index contributed by atoms with van der Waals surface area (Å²) in [6.45, 7) is 8.18. The fourth-order valence-electron chi connectivity index (χ4n) is 7.58. The van der Waals surface area contributed by atoms with Gasteiger partial charge in [0, 0.05) is 32.5 Å². The lowest BCUT2D eigenvalue weighted by Gasteiger charge is -2.35. The summed E-state index contributed by atoms with van der Waals surface area (Å²) in [6, 6.07) is 11.6. The number of hydrogen-bond acceptors (Lipinski definition) is 8. The molecule has 0 spiro atoms. The quantitative estimate of drug-likeness (QED) is 0.120. The Kier molecular flexibility index (Phi) is 13.4. The van der Waals surface area contributed by atoms with Crippen LogP contribution in [0.25, 0.3) is 0 Å². The molecule has 0 radical (unpaired) electrons. The van der Waals surface area contributed by atoms with Crippen molar-refractivity contribution in [3.63, 3.8) is 0 Å². The number of nitrogens with zero attached hydrogens (tertiary/aromatic N) is 2. The number of carbonyl (C=O) groups is 7. The zero-order valence-corrected chi connectivity index (χ0v) is 34.2. The Morgan fingerprint density at radius 2 is 1.56 bits per heavy atom. The van der Waals surface area contributed by atoms with Crippen molar-refractivity contribution in [2.75, 3.05) is 27.2 Å². The topological polar surface area (TPSA) is 183 Å². The van der Waals surface area contributed by atoms with Crippen molar-refractivity contribution in [2.45, 2.75) is 80.6 Å². The van der Waals surface area contributed by atoms with Crippen molar-refractivity contribution in [3.05, 3.63) is 83.9 Å². The fourth-order valence-corrected chi connectivity index (χ4v) is 8.40. The van der Waals surface area contributed by atoms with E-state index in [1.165, 1.54) is 15.9 Å². The number of piperidine rings is 1. The van der Waals surface area contributed by atoms with Crippen molar-refractivity contribution in [2.24, 2.45) is 17.8 Å². The van der Waals surface area contributed by atoms with E-state index >= 15 is 0 Å². The molecular formula is C41H50Cl2N6O8. The van der Waals surface area contributed by atoms with Crippen LogP contribution < -0.4 is 21.3 Å². The lowest BCUT2D eigenvalue weighted by Crippen LogP contribution is -2.60. The highest BCUT2D eigenvalue weighted by Crippen LogP contribution is 2.65. The number of allylic oxidation sites excluding steroid dienone is 1. The maximum absolute atomic E-state index is 14.6. The van der Waals surface area contributed by atoms with Crippen LogP contribution in [0.2, 0.25) is 0 Å². The van der Waals surface area contributed by atoms with Gasteiger partial charge in [-0.25, -0.2) is 4.79 Å². The highest BCUT2D eigenvalue weighted by Gasteiger charge is 2.74. The van der Waals surface area contributed by atoms with Gasteiger partial charge in [0.25, 0.3) is 5.91 Å². The van der Waals surface area contributed by atoms with Crippen molar-refractivity contribution in [1.82, 2.24) is 31.1 Å². The summed E-state index contributed by atoms with van der Waals surface area (Å²) in [5, 5.41) is 10.3. The van der Waals surface area contributed by atoms with Gasteiger partial charge in [0.1, 0.15) is 28.1 Å². The molecule has 2 aromatic rings. The minimum Gasteiger partial charge on any atom is -0.444 e. The van der Waals surface area contributed by atoms with Gasteiger partial charge in [-0.1, -0.05) is 60.7 Å². The lowest BCUT2D eigenvalue weighted by atomic mass is 9.94. The van der Waals surface area contributed by atoms with Crippen LogP contribution in [0.1, 0.15) is 56.3 Å². The molecule has 0 aromatic heterocycles. The summed E-state index contributed by atoms with van der Waals surface area (Å²) in [5.41, 5.74) is 1.77. The molecule has 306 valence electrons. The first-order valence-corrected chi connectivity index (χ1v) is 19.6. The number of rotatable bonds is 15. The van der Waals surface area contributed by atoms with E-state index in [1.54, 1.807) is 65.2 Å². The van der Waals surface area contributed by atoms with Crippen LogP contribution in [0.5, 0.6) is 0 Å². The first-order valence-electron chi connectivity index (χ1n) is 18.9. The highest BCUT2D eigenvalue weighted by atomic mass is 35.5. The molecule has 2 aromatic carbocycles. The summed E-state index contributed by atoms with van der Waals surface area (Å²) >= 11 is 13.2. The monoisotopic (exact) mass is 824 g/mol. The number of nitrogens with one attached hydrogen (secondary N) is 4. The van der Waals surface area contributed by atoms with E-state index in [1.807, 2.05) is 24.3 Å². The first kappa shape index (κ1) is 43.2. The van der Waals surface area contributed by atoms with Crippen molar-refractivity contribution < 1.29 is 38.3 Å². The Morgan fingerprint density at radius 3 is 2.14 bits per heavy atom. The number of Topliss-reactive ketones (excluding diaryl/α,β-unsaturated/α-hetero) is 1. The van der Waals surface area contributed by atoms with Gasteiger partial charge in [-0.15, -0.1) is 29.8 Å². The summed E-state index contributed by atoms with van der Waals surface area (Å²) in [5.74, 6) is -6.13. The smallest absolute Gasteiger partial charge is 0.408 e. The number of ketones is 1. The summed E-state index contributed by atoms with van der Waals surface area (Å²) in [6.07, 6.45) is 1.93. The Labute approximate surface area is 342 Å². The largest absolute Gasteiger partial charge is 0.444 e. The molecule has 6 amide bonds. The molecule has 14 nitrogen and oxygen atoms in total. The SMILES string of the molecule is C=CCCC(NC(=O)[C@@H]1C2C(CN1C(=O)[C@@H](NC(=O)OC(C)(C)C)C1Cc3ccccc3C1)C2(Cl)Cl)C(=O)C(=O)NCC(=O)N[C@H](C(=O)N(C)C)c1ccccc1. The molecule has 16 heteroatoms. The Bertz CT molecular complexity index is 1880. The zero-order valence-electron chi connectivity index (χ0n) is 32.7. The number of alkyl halides is 2. The second-order valence-corrected chi connectivity index (χ2v) is 17.4. The molecule has 2 aliphatic carbocycles. The van der Waals surface area contributed by atoms with E-state index < -0.39 is 93.9 Å². The molecule has 1 saturated carbocycles. The maximum atomic E-state index is 14.6. The second-order valence-electron chi connectivity index (χ2n) is 15.9. The van der Waals surface area contributed by atoms with E-state index in [0.717, 1.165) is 11.1 Å². The lowest BCUT2D eigenvalue weighted by molar-refractivity contribution is -0.144. The highest BCUT2D eigenvalue weighted by molar-refractivity contribution is 6.51. The number of halogens is 2. The minimum absolute atomic E-state index is 0.0158. The number of benzene rings is 2. The van der Waals surface area contributed by atoms with Gasteiger partial charge in [0.2, 0.25) is 29.4 Å². The number of alkyl carbamates (subject to hydrolysis) is 1. The van der Waals surface area contributed by atoms with Crippen LogP contribution in [0.3, 0.4) is 0 Å². The Morgan fingerprint density at radius 1 is 0.947 bits per heavy atom. The third kappa shape index (κ3) is 10.1. The van der Waals surface area contributed by atoms with Gasteiger partial charge in [0.05, 0.1) is 12.6 Å². The number of amides is 6. The molecule has 3 unspecified atom stereocenters. The average molecular weight is 826 g/mol. The van der Waals surface area contributed by atoms with E-state index in [0.29, 0.717) is 18.4 Å². The molecule has 0 bridgehead atoms. The predicted molar refractivity (Wildman–Crippen MR) is 213 cm³/mol. The van der Waals surface area contributed by atoms with Crippen LogP contribution in [0, 0.1) is 17.8 Å². The van der Waals surface area contributed by atoms with Crippen LogP contribution in [-0.2, 0) is 46.3 Å². The van der Waals surface area contributed by atoms with Gasteiger partial charge in [0.15, 0.2) is 0 Å². The van der Waals surface area contributed by atoms with Gasteiger partial charge >= 0.3 is 6.09 Å². The standard InChI is InChI=1S/C41H50Cl2N6O8/c1-7-8-18-28(34(51)36(53)44-21-29(50)46-31(37(54)48(5)6)23-14-10-9-11-15-23)45-35(52)33-30-27(41(30,42)43)22-49(33)38(55)32(47-39(56)57-40(2,3)4)26-19-24-16-12-13-17-25(24)20-26/h7,9-17,26-28,30-33H,1,8,18-22H2,2-6H3,(H,44,53)(H,45,52)(H,46,50)(H,47,56)/t27?,28?,30?,31-,32-,33-/m0/s1. The molecule has 6 atom stereocenters. The van der Waals surface area contributed by atoms with Crippen LogP contribution in [-0.4, -0.2) is 106 Å². The van der Waals surface area contributed by atoms with Crippen molar-refractivity contribution >= 4 is 64.6 Å². The fraction of sp³-hybridized carbons (Fsp3) is 0.488. The van der Waals surface area contributed by atoms with E-state index in [9.17, 15) is 33.6 Å². The van der Waals surface area contributed by atoms with Crippen molar-refractivity contribution in [1.29, 1.82) is 0 Å². The average Bonchev–Trinajstić information content (AvgIpc) is 3.51. The third-order valence-electron chi connectivity index (χ3n) is 10.4. The summed E-state index contributed by atoms with van der Waals surface area (Å²) in [7, 11) is 3.09. The number of likely N-dealkylation sites (N-methyl/N-ethyl adjacent to an activating group) is 1. The van der Waals surface area contributed by atoms with Gasteiger partial charge in [-0.3, -0.25) is 28.8 Å². The molecule has 1 saturated heterocycles. The Balaban J connectivity index is 1.30. The van der Waals surface area contributed by atoms with E-state index in [2.05, 4.69) is 27.8 Å². The van der Waals surface area contributed by atoms with Crippen LogP contribution in [0.4, 0.5) is 4.79 Å². The molecule has 2 fully saturated rings. The van der Waals surface area contributed by atoms with Crippen LogP contribution in [0.15, 0.2) is 67.3 Å². The van der Waals surface area contributed by atoms with Gasteiger partial charge in [-0.05, 0) is 69.1 Å². The number of ether oxygens (including phenoxy) is 1. The molecule has 57 heavy (non-hydrogen) atoms. The molecule has 4 N–H and O–H groups in total. The van der Waals surface area contributed by atoms with E-state index in [-0.39, 0.29) is 25.3 Å². The molecular weight excluding hydrogens is 775 g/mol. The molecule has 1 aliphatic heterocycles. The zero-order chi connectivity index (χ0) is 41.8. The van der Waals surface area contributed by atoms with Crippen LogP contribution >= 0.6 is 23.2 Å². The van der Waals surface area contributed by atoms with E-state index in [4.69, 9.17) is 27.9 Å². The number of fused-ring (bicyclic) bond motifs is 2. The number of hydrogen-bond donors (Lipinski definition) is 4.